The molecule has 0 aliphatic carbocycles. The summed E-state index contributed by atoms with van der Waals surface area (Å²) in [7, 11) is 1.33. The molecule has 0 atom stereocenters. The maximum atomic E-state index is 11.2. The van der Waals surface area contributed by atoms with E-state index in [1.165, 1.54) is 18.4 Å². The van der Waals surface area contributed by atoms with Crippen molar-refractivity contribution in [3.63, 3.8) is 0 Å². The summed E-state index contributed by atoms with van der Waals surface area (Å²) in [6.07, 6.45) is 3.37. The molecule has 0 radical (unpaired) electrons. The van der Waals surface area contributed by atoms with Crippen molar-refractivity contribution in [3.05, 3.63) is 35.6 Å². The van der Waals surface area contributed by atoms with Gasteiger partial charge in [0.25, 0.3) is 0 Å². The van der Waals surface area contributed by atoms with Crippen LogP contribution in [0, 0.1) is 0 Å². The molecule has 0 aliphatic rings. The molecule has 2 heterocycles. The SMILES string of the molecule is COC(=O)c1csc(Nc2cccnc2)n1. The highest BCUT2D eigenvalue weighted by Gasteiger charge is 2.10. The van der Waals surface area contributed by atoms with Crippen molar-refractivity contribution in [1.82, 2.24) is 9.97 Å². The summed E-state index contributed by atoms with van der Waals surface area (Å²) < 4.78 is 4.56. The summed E-state index contributed by atoms with van der Waals surface area (Å²) in [5, 5.41) is 5.32. The van der Waals surface area contributed by atoms with Crippen molar-refractivity contribution in [1.29, 1.82) is 0 Å². The lowest BCUT2D eigenvalue weighted by Gasteiger charge is -1.99. The Kier molecular flexibility index (Phi) is 3.11. The first-order chi connectivity index (χ1) is 7.79. The molecule has 0 aliphatic heterocycles. The fourth-order valence-electron chi connectivity index (χ4n) is 1.09. The topological polar surface area (TPSA) is 64.1 Å². The zero-order valence-corrected chi connectivity index (χ0v) is 9.32. The van der Waals surface area contributed by atoms with Crippen molar-refractivity contribution < 1.29 is 9.53 Å². The number of esters is 1. The van der Waals surface area contributed by atoms with E-state index in [-0.39, 0.29) is 0 Å². The van der Waals surface area contributed by atoms with Crippen molar-refractivity contribution >= 4 is 28.1 Å². The number of carbonyl (C=O) groups excluding carboxylic acids is 1. The molecule has 5 nitrogen and oxygen atoms in total. The molecule has 2 aromatic heterocycles. The number of hydrogen-bond donors (Lipinski definition) is 1. The third kappa shape index (κ3) is 2.34. The highest BCUT2D eigenvalue weighted by Crippen LogP contribution is 2.20. The summed E-state index contributed by atoms with van der Waals surface area (Å²) in [4.78, 5) is 19.2. The Hall–Kier alpha value is -1.95. The first-order valence-corrected chi connectivity index (χ1v) is 5.38. The molecule has 0 bridgehead atoms. The predicted molar refractivity (Wildman–Crippen MR) is 61.0 cm³/mol. The Bertz CT molecular complexity index is 484. The molecule has 0 saturated heterocycles. The van der Waals surface area contributed by atoms with E-state index < -0.39 is 5.97 Å². The summed E-state index contributed by atoms with van der Waals surface area (Å²) in [6, 6.07) is 3.68. The van der Waals surface area contributed by atoms with Gasteiger partial charge in [-0.15, -0.1) is 11.3 Å². The molecule has 16 heavy (non-hydrogen) atoms. The van der Waals surface area contributed by atoms with Crippen molar-refractivity contribution in [2.45, 2.75) is 0 Å². The van der Waals surface area contributed by atoms with Crippen LogP contribution in [0.25, 0.3) is 0 Å². The van der Waals surface area contributed by atoms with Crippen LogP contribution in [0.15, 0.2) is 29.9 Å². The number of carbonyl (C=O) groups is 1. The third-order valence-corrected chi connectivity index (χ3v) is 2.57. The number of thiazole rings is 1. The predicted octanol–water partition coefficient (Wildman–Crippen LogP) is 2.07. The first kappa shape index (κ1) is 10.6. The average Bonchev–Trinajstić information content (AvgIpc) is 2.78. The van der Waals surface area contributed by atoms with E-state index in [9.17, 15) is 4.79 Å². The second-order valence-electron chi connectivity index (χ2n) is 2.90. The minimum atomic E-state index is -0.435. The number of ether oxygens (including phenoxy) is 1. The normalized spacial score (nSPS) is 9.81. The molecule has 0 aromatic carbocycles. The van der Waals surface area contributed by atoms with Gasteiger partial charge in [-0.25, -0.2) is 9.78 Å². The monoisotopic (exact) mass is 235 g/mol. The van der Waals surface area contributed by atoms with E-state index in [0.717, 1.165) is 5.69 Å². The lowest BCUT2D eigenvalue weighted by Crippen LogP contribution is -2.01. The van der Waals surface area contributed by atoms with Crippen LogP contribution in [-0.2, 0) is 4.74 Å². The van der Waals surface area contributed by atoms with Crippen LogP contribution >= 0.6 is 11.3 Å². The quantitative estimate of drug-likeness (QED) is 0.825. The molecule has 0 amide bonds. The van der Waals surface area contributed by atoms with Gasteiger partial charge in [0, 0.05) is 11.6 Å². The minimum absolute atomic E-state index is 0.305. The number of methoxy groups -OCH3 is 1. The molecule has 0 saturated carbocycles. The van der Waals surface area contributed by atoms with E-state index in [1.54, 1.807) is 17.8 Å². The van der Waals surface area contributed by atoms with Crippen molar-refractivity contribution in [3.8, 4) is 0 Å². The zero-order valence-electron chi connectivity index (χ0n) is 8.51. The van der Waals surface area contributed by atoms with Gasteiger partial charge in [0.1, 0.15) is 0 Å². The number of aromatic nitrogens is 2. The minimum Gasteiger partial charge on any atom is -0.464 e. The lowest BCUT2D eigenvalue weighted by molar-refractivity contribution is 0.0595. The Morgan fingerprint density at radius 1 is 1.56 bits per heavy atom. The first-order valence-electron chi connectivity index (χ1n) is 4.50. The zero-order chi connectivity index (χ0) is 11.4. The van der Waals surface area contributed by atoms with Gasteiger partial charge < -0.3 is 10.1 Å². The maximum Gasteiger partial charge on any atom is 0.357 e. The van der Waals surface area contributed by atoms with Crippen LogP contribution in [0.1, 0.15) is 10.5 Å². The van der Waals surface area contributed by atoms with Crippen LogP contribution in [0.2, 0.25) is 0 Å². The smallest absolute Gasteiger partial charge is 0.357 e. The van der Waals surface area contributed by atoms with Crippen LogP contribution in [0.3, 0.4) is 0 Å². The number of nitrogens with one attached hydrogen (secondary N) is 1. The van der Waals surface area contributed by atoms with E-state index in [1.807, 2.05) is 12.1 Å². The van der Waals surface area contributed by atoms with Gasteiger partial charge >= 0.3 is 5.97 Å². The van der Waals surface area contributed by atoms with Crippen molar-refractivity contribution in [2.75, 3.05) is 12.4 Å². The molecule has 1 N–H and O–H groups in total. The Labute approximate surface area is 96.1 Å². The molecular formula is C10H9N3O2S. The van der Waals surface area contributed by atoms with E-state index in [4.69, 9.17) is 0 Å². The summed E-state index contributed by atoms with van der Waals surface area (Å²) in [5.74, 6) is -0.435. The van der Waals surface area contributed by atoms with Gasteiger partial charge in [-0.3, -0.25) is 4.98 Å². The molecule has 82 valence electrons. The standard InChI is InChI=1S/C10H9N3O2S/c1-15-9(14)8-6-16-10(13-8)12-7-3-2-4-11-5-7/h2-6H,1H3,(H,12,13). The number of hydrogen-bond acceptors (Lipinski definition) is 6. The number of anilines is 2. The van der Waals surface area contributed by atoms with Gasteiger partial charge in [-0.2, -0.15) is 0 Å². The fraction of sp³-hybridized carbons (Fsp3) is 0.100. The fourth-order valence-corrected chi connectivity index (χ4v) is 1.79. The largest absolute Gasteiger partial charge is 0.464 e. The number of pyridine rings is 1. The van der Waals surface area contributed by atoms with Gasteiger partial charge in [-0.05, 0) is 12.1 Å². The summed E-state index contributed by atoms with van der Waals surface area (Å²) in [5.41, 5.74) is 1.13. The Balaban J connectivity index is 2.12. The second-order valence-corrected chi connectivity index (χ2v) is 3.75. The number of nitrogens with zero attached hydrogens (tertiary/aromatic N) is 2. The summed E-state index contributed by atoms with van der Waals surface area (Å²) in [6.45, 7) is 0. The Morgan fingerprint density at radius 2 is 2.44 bits per heavy atom. The Morgan fingerprint density at radius 3 is 3.12 bits per heavy atom. The van der Waals surface area contributed by atoms with Gasteiger partial charge in [-0.1, -0.05) is 0 Å². The van der Waals surface area contributed by atoms with Crippen LogP contribution in [-0.4, -0.2) is 23.0 Å². The van der Waals surface area contributed by atoms with E-state index in [0.29, 0.717) is 10.8 Å². The molecule has 2 aromatic rings. The van der Waals surface area contributed by atoms with Gasteiger partial charge in [0.15, 0.2) is 10.8 Å². The summed E-state index contributed by atoms with van der Waals surface area (Å²) >= 11 is 1.34. The van der Waals surface area contributed by atoms with E-state index >= 15 is 0 Å². The molecule has 0 unspecified atom stereocenters. The van der Waals surface area contributed by atoms with Crippen LogP contribution < -0.4 is 5.32 Å². The average molecular weight is 235 g/mol. The molecule has 2 rings (SSSR count). The number of rotatable bonds is 3. The molecule has 0 fully saturated rings. The molecule has 6 heteroatoms. The lowest BCUT2D eigenvalue weighted by atomic mass is 10.4. The van der Waals surface area contributed by atoms with Gasteiger partial charge in [0.05, 0.1) is 19.0 Å². The maximum absolute atomic E-state index is 11.2. The highest BCUT2D eigenvalue weighted by molar-refractivity contribution is 7.14. The highest BCUT2D eigenvalue weighted by atomic mass is 32.1. The second kappa shape index (κ2) is 4.71. The third-order valence-electron chi connectivity index (χ3n) is 1.81. The van der Waals surface area contributed by atoms with Crippen LogP contribution in [0.5, 0.6) is 0 Å². The molecule has 0 spiro atoms. The van der Waals surface area contributed by atoms with Crippen molar-refractivity contribution in [2.24, 2.45) is 0 Å². The van der Waals surface area contributed by atoms with E-state index in [2.05, 4.69) is 20.0 Å². The molecular weight excluding hydrogens is 226 g/mol. The van der Waals surface area contributed by atoms with Gasteiger partial charge in [0.2, 0.25) is 0 Å². The van der Waals surface area contributed by atoms with Crippen LogP contribution in [0.4, 0.5) is 10.8 Å².